The Morgan fingerprint density at radius 3 is 2.67 bits per heavy atom. The van der Waals surface area contributed by atoms with Crippen molar-refractivity contribution in [1.82, 2.24) is 4.98 Å². The molecule has 0 fully saturated rings. The maximum atomic E-state index is 14.0. The van der Waals surface area contributed by atoms with Crippen LogP contribution in [0.4, 0.5) is 4.39 Å². The summed E-state index contributed by atoms with van der Waals surface area (Å²) in [4.78, 5) is 4.05. The summed E-state index contributed by atoms with van der Waals surface area (Å²) in [5.41, 5.74) is 1.06. The Balaban J connectivity index is 2.74. The van der Waals surface area contributed by atoms with Crippen molar-refractivity contribution in [2.24, 2.45) is 4.40 Å². The molecule has 1 unspecified atom stereocenters. The molecular weight excluding hydrogens is 393 g/mol. The van der Waals surface area contributed by atoms with Gasteiger partial charge in [-0.2, -0.15) is 9.66 Å². The second-order valence-corrected chi connectivity index (χ2v) is 8.66. The Kier molecular flexibility index (Phi) is 5.62. The number of benzene rings is 1. The molecule has 0 saturated carbocycles. The molecule has 0 bridgehead atoms. The first-order valence-corrected chi connectivity index (χ1v) is 8.95. The molecule has 4 nitrogen and oxygen atoms in total. The number of hydrogen-bond acceptors (Lipinski definition) is 3. The minimum Gasteiger partial charge on any atom is -0.249 e. The lowest BCUT2D eigenvalue weighted by atomic mass is 9.98. The van der Waals surface area contributed by atoms with E-state index in [1.165, 1.54) is 12.1 Å². The molecule has 0 spiro atoms. The molecule has 2 aromatic rings. The van der Waals surface area contributed by atoms with Gasteiger partial charge in [0, 0.05) is 17.3 Å². The Morgan fingerprint density at radius 2 is 2.08 bits per heavy atom. The van der Waals surface area contributed by atoms with Crippen molar-refractivity contribution in [1.29, 1.82) is 5.26 Å². The van der Waals surface area contributed by atoms with Crippen molar-refractivity contribution < 1.29 is 8.60 Å². The highest BCUT2D eigenvalue weighted by molar-refractivity contribution is 9.10. The molecule has 0 radical (unpaired) electrons. The van der Waals surface area contributed by atoms with Gasteiger partial charge in [0.15, 0.2) is 0 Å². The third-order valence-corrected chi connectivity index (χ3v) is 4.91. The van der Waals surface area contributed by atoms with E-state index >= 15 is 0 Å². The fraction of sp³-hybridized carbons (Fsp3) is 0.235. The average Bonchev–Trinajstić information content (AvgIpc) is 2.51. The van der Waals surface area contributed by atoms with E-state index in [0.717, 1.165) is 0 Å². The highest BCUT2D eigenvalue weighted by Gasteiger charge is 2.22. The summed E-state index contributed by atoms with van der Waals surface area (Å²) in [6.07, 6.45) is 1.56. The van der Waals surface area contributed by atoms with Crippen molar-refractivity contribution in [2.75, 3.05) is 0 Å². The predicted octanol–water partition coefficient (Wildman–Crippen LogP) is 4.15. The Labute approximate surface area is 151 Å². The van der Waals surface area contributed by atoms with Gasteiger partial charge >= 0.3 is 0 Å². The zero-order valence-electron chi connectivity index (χ0n) is 13.4. The van der Waals surface area contributed by atoms with E-state index in [0.29, 0.717) is 21.4 Å². The van der Waals surface area contributed by atoms with Crippen LogP contribution < -0.4 is 0 Å². The van der Waals surface area contributed by atoms with Crippen molar-refractivity contribution >= 4 is 32.6 Å². The molecule has 0 N–H and O–H groups in total. The number of rotatable bonds is 3. The maximum Gasteiger partial charge on any atom is 0.145 e. The average molecular weight is 408 g/mol. The standard InChI is InChI=1S/C17H15BrFN3OS/c1-17(2,3)24(23)22-16(11-7-8-21-15(18)9-11)12-5-4-6-14(19)13(12)10-20/h4-9H,1-3H3. The predicted molar refractivity (Wildman–Crippen MR) is 96.6 cm³/mol. The van der Waals surface area contributed by atoms with Crippen LogP contribution in [0.1, 0.15) is 37.5 Å². The second-order valence-electron chi connectivity index (χ2n) is 5.94. The van der Waals surface area contributed by atoms with E-state index in [4.69, 9.17) is 0 Å². The van der Waals surface area contributed by atoms with Crippen LogP contribution in [-0.4, -0.2) is 19.7 Å². The molecule has 0 aliphatic rings. The van der Waals surface area contributed by atoms with E-state index in [-0.39, 0.29) is 5.56 Å². The van der Waals surface area contributed by atoms with Gasteiger partial charge in [-0.3, -0.25) is 0 Å². The summed E-state index contributed by atoms with van der Waals surface area (Å²) < 4.78 is 30.8. The van der Waals surface area contributed by atoms with Gasteiger partial charge < -0.3 is 0 Å². The first kappa shape index (κ1) is 18.4. The van der Waals surface area contributed by atoms with Crippen molar-refractivity contribution in [2.45, 2.75) is 25.5 Å². The van der Waals surface area contributed by atoms with E-state index < -0.39 is 21.5 Å². The summed E-state index contributed by atoms with van der Waals surface area (Å²) in [6, 6.07) is 9.52. The lowest BCUT2D eigenvalue weighted by Gasteiger charge is -2.16. The number of aromatic nitrogens is 1. The first-order valence-electron chi connectivity index (χ1n) is 7.05. The van der Waals surface area contributed by atoms with Crippen LogP contribution in [0, 0.1) is 17.1 Å². The van der Waals surface area contributed by atoms with Crippen LogP contribution in [-0.2, 0) is 11.0 Å². The molecule has 124 valence electrons. The first-order chi connectivity index (χ1) is 11.2. The molecule has 1 heterocycles. The largest absolute Gasteiger partial charge is 0.249 e. The number of pyridine rings is 1. The number of hydrogen-bond donors (Lipinski definition) is 0. The highest BCUT2D eigenvalue weighted by atomic mass is 79.9. The van der Waals surface area contributed by atoms with E-state index in [1.54, 1.807) is 45.2 Å². The zero-order chi connectivity index (χ0) is 17.9. The Hall–Kier alpha value is -1.91. The molecule has 2 rings (SSSR count). The topological polar surface area (TPSA) is 66.1 Å². The van der Waals surface area contributed by atoms with E-state index in [1.807, 2.05) is 6.07 Å². The molecule has 1 aromatic carbocycles. The lowest BCUT2D eigenvalue weighted by Crippen LogP contribution is -2.22. The highest BCUT2D eigenvalue weighted by Crippen LogP contribution is 2.22. The minimum atomic E-state index is -1.57. The second kappa shape index (κ2) is 7.32. The molecule has 0 aliphatic carbocycles. The quantitative estimate of drug-likeness (QED) is 0.566. The van der Waals surface area contributed by atoms with Gasteiger partial charge in [0.05, 0.1) is 16.0 Å². The molecule has 24 heavy (non-hydrogen) atoms. The molecule has 0 amide bonds. The molecule has 0 aliphatic heterocycles. The molecule has 0 saturated heterocycles. The van der Waals surface area contributed by atoms with Gasteiger partial charge in [0.1, 0.15) is 27.5 Å². The van der Waals surface area contributed by atoms with Gasteiger partial charge in [-0.05, 0) is 54.9 Å². The van der Waals surface area contributed by atoms with Crippen LogP contribution in [0.2, 0.25) is 0 Å². The summed E-state index contributed by atoms with van der Waals surface area (Å²) in [5, 5.41) is 9.30. The minimum absolute atomic E-state index is 0.130. The van der Waals surface area contributed by atoms with E-state index in [2.05, 4.69) is 25.3 Å². The van der Waals surface area contributed by atoms with Crippen LogP contribution in [0.5, 0.6) is 0 Å². The number of nitrogens with zero attached hydrogens (tertiary/aromatic N) is 3. The fourth-order valence-corrected chi connectivity index (χ4v) is 2.87. The van der Waals surface area contributed by atoms with Gasteiger partial charge in [-0.1, -0.05) is 12.1 Å². The van der Waals surface area contributed by atoms with Crippen molar-refractivity contribution in [3.05, 3.63) is 63.6 Å². The molecule has 1 aromatic heterocycles. The molecular formula is C17H15BrFN3OS. The summed E-state index contributed by atoms with van der Waals surface area (Å²) in [7, 11) is -1.57. The SMILES string of the molecule is CC(C)(C)S(=O)N=C(c1ccnc(Br)c1)c1cccc(F)c1C#N. The van der Waals surface area contributed by atoms with Gasteiger partial charge in [0.2, 0.25) is 0 Å². The van der Waals surface area contributed by atoms with E-state index in [9.17, 15) is 13.9 Å². The Morgan fingerprint density at radius 1 is 1.38 bits per heavy atom. The van der Waals surface area contributed by atoms with Gasteiger partial charge in [0.25, 0.3) is 0 Å². The smallest absolute Gasteiger partial charge is 0.145 e. The number of halogens is 2. The fourth-order valence-electron chi connectivity index (χ4n) is 1.86. The maximum absolute atomic E-state index is 14.0. The van der Waals surface area contributed by atoms with Crippen molar-refractivity contribution in [3.8, 4) is 6.07 Å². The molecule has 1 atom stereocenters. The summed E-state index contributed by atoms with van der Waals surface area (Å²) >= 11 is 3.28. The van der Waals surface area contributed by atoms with Crippen molar-refractivity contribution in [3.63, 3.8) is 0 Å². The summed E-state index contributed by atoms with van der Waals surface area (Å²) in [6.45, 7) is 5.39. The zero-order valence-corrected chi connectivity index (χ0v) is 15.8. The number of nitriles is 1. The van der Waals surface area contributed by atoms with Crippen LogP contribution in [0.25, 0.3) is 0 Å². The Bertz CT molecular complexity index is 869. The third-order valence-electron chi connectivity index (χ3n) is 3.08. The van der Waals surface area contributed by atoms with Crippen LogP contribution >= 0.6 is 15.9 Å². The lowest BCUT2D eigenvalue weighted by molar-refractivity contribution is 0.623. The van der Waals surface area contributed by atoms with Crippen LogP contribution in [0.15, 0.2) is 45.5 Å². The normalized spacial score (nSPS) is 13.4. The van der Waals surface area contributed by atoms with Gasteiger partial charge in [-0.15, -0.1) is 0 Å². The molecule has 7 heteroatoms. The third kappa shape index (κ3) is 4.13. The monoisotopic (exact) mass is 407 g/mol. The van der Waals surface area contributed by atoms with Crippen LogP contribution in [0.3, 0.4) is 0 Å². The van der Waals surface area contributed by atoms with Gasteiger partial charge in [-0.25, -0.2) is 13.6 Å². The summed E-state index contributed by atoms with van der Waals surface area (Å²) in [5.74, 6) is -0.641.